The Labute approximate surface area is 184 Å². The number of hydrogen-bond donors (Lipinski definition) is 1. The molecule has 2 aliphatic rings. The van der Waals surface area contributed by atoms with Crippen LogP contribution in [0.3, 0.4) is 0 Å². The molecule has 0 bridgehead atoms. The summed E-state index contributed by atoms with van der Waals surface area (Å²) in [6, 6.07) is 8.31. The number of hydrogen-bond acceptors (Lipinski definition) is 3. The first-order valence-electron chi connectivity index (χ1n) is 9.38. The molecule has 8 heteroatoms. The highest BCUT2D eigenvalue weighted by Gasteiger charge is 2.28. The van der Waals surface area contributed by atoms with Crippen molar-refractivity contribution >= 4 is 51.4 Å². The van der Waals surface area contributed by atoms with Crippen molar-refractivity contribution in [3.05, 3.63) is 34.9 Å². The Kier molecular flexibility index (Phi) is 8.68. The van der Waals surface area contributed by atoms with Gasteiger partial charge in [-0.2, -0.15) is 0 Å². The summed E-state index contributed by atoms with van der Waals surface area (Å²) in [5.41, 5.74) is 1.17. The molecule has 1 aromatic carbocycles. The van der Waals surface area contributed by atoms with E-state index in [1.54, 1.807) is 0 Å². The van der Waals surface area contributed by atoms with E-state index in [9.17, 15) is 8.42 Å². The number of guanidine groups is 1. The number of sulfone groups is 1. The van der Waals surface area contributed by atoms with Crippen LogP contribution in [0.1, 0.15) is 37.7 Å². The molecule has 3 rings (SSSR count). The molecule has 1 atom stereocenters. The minimum Gasteiger partial charge on any atom is -0.354 e. The second-order valence-corrected chi connectivity index (χ2v) is 10.2. The van der Waals surface area contributed by atoms with Crippen molar-refractivity contribution in [3.8, 4) is 0 Å². The number of aliphatic imine (C=N–C) groups is 1. The Bertz CT molecular complexity index is 734. The number of nitrogens with zero attached hydrogens (tertiary/aromatic N) is 2. The molecule has 0 aromatic heterocycles. The van der Waals surface area contributed by atoms with Crippen LogP contribution in [-0.4, -0.2) is 50.4 Å². The van der Waals surface area contributed by atoms with E-state index in [-0.39, 0.29) is 35.6 Å². The highest BCUT2D eigenvalue weighted by atomic mass is 127. The molecule has 1 unspecified atom stereocenters. The highest BCUT2D eigenvalue weighted by Crippen LogP contribution is 2.20. The molecule has 1 aliphatic carbocycles. The van der Waals surface area contributed by atoms with Gasteiger partial charge >= 0.3 is 0 Å². The van der Waals surface area contributed by atoms with Crippen LogP contribution in [0.5, 0.6) is 0 Å². The molecule has 152 valence electrons. The molecule has 0 spiro atoms. The van der Waals surface area contributed by atoms with E-state index >= 15 is 0 Å². The van der Waals surface area contributed by atoms with Gasteiger partial charge in [0.15, 0.2) is 15.8 Å². The number of rotatable bonds is 5. The monoisotopic (exact) mass is 525 g/mol. The van der Waals surface area contributed by atoms with Crippen LogP contribution >= 0.6 is 35.6 Å². The van der Waals surface area contributed by atoms with Gasteiger partial charge in [-0.05, 0) is 42.9 Å². The zero-order valence-corrected chi connectivity index (χ0v) is 19.6. The molecule has 1 aromatic rings. The molecule has 2 fully saturated rings. The third-order valence-electron chi connectivity index (χ3n) is 5.21. The molecule has 1 heterocycles. The van der Waals surface area contributed by atoms with Crippen molar-refractivity contribution < 1.29 is 8.42 Å². The van der Waals surface area contributed by atoms with Crippen LogP contribution in [0.2, 0.25) is 5.02 Å². The average molecular weight is 526 g/mol. The second kappa shape index (κ2) is 10.3. The van der Waals surface area contributed by atoms with Crippen molar-refractivity contribution in [1.29, 1.82) is 0 Å². The van der Waals surface area contributed by atoms with Crippen molar-refractivity contribution in [3.63, 3.8) is 0 Å². The Morgan fingerprint density at radius 2 is 1.89 bits per heavy atom. The fourth-order valence-corrected chi connectivity index (χ4v) is 5.67. The van der Waals surface area contributed by atoms with Crippen LogP contribution < -0.4 is 5.32 Å². The lowest BCUT2D eigenvalue weighted by molar-refractivity contribution is 0.453. The van der Waals surface area contributed by atoms with Crippen molar-refractivity contribution in [2.24, 2.45) is 10.9 Å². The van der Waals surface area contributed by atoms with Crippen LogP contribution in [0.4, 0.5) is 0 Å². The fourth-order valence-electron chi connectivity index (χ4n) is 3.70. The lowest BCUT2D eigenvalue weighted by atomic mass is 10.1. The zero-order chi connectivity index (χ0) is 18.6. The Morgan fingerprint density at radius 1 is 1.22 bits per heavy atom. The standard InChI is InChI=1S/C19H28ClN3O2S.HI/c1-23(13-15-6-8-17(20)9-7-15)19(22-18-4-2-3-5-18)21-12-16-10-11-26(24,25)14-16;/h6-9,16,18H,2-5,10-14H2,1H3,(H,21,22);1H. The Hall–Kier alpha value is -0.540. The van der Waals surface area contributed by atoms with E-state index in [1.165, 1.54) is 31.2 Å². The van der Waals surface area contributed by atoms with Gasteiger partial charge in [0.25, 0.3) is 0 Å². The molecule has 1 saturated carbocycles. The van der Waals surface area contributed by atoms with E-state index < -0.39 is 9.84 Å². The SMILES string of the molecule is CN(Cc1ccc(Cl)cc1)C(=NCC1CCS(=O)(=O)C1)NC1CCCC1.I. The van der Waals surface area contributed by atoms with Crippen LogP contribution in [0.15, 0.2) is 29.3 Å². The quantitative estimate of drug-likeness (QED) is 0.362. The van der Waals surface area contributed by atoms with E-state index in [4.69, 9.17) is 16.6 Å². The molecule has 5 nitrogen and oxygen atoms in total. The minimum absolute atomic E-state index is 0. The molecule has 1 aliphatic heterocycles. The molecular formula is C19H29ClIN3O2S. The molecule has 1 saturated heterocycles. The van der Waals surface area contributed by atoms with Crippen molar-refractivity contribution in [2.75, 3.05) is 25.1 Å². The van der Waals surface area contributed by atoms with Gasteiger partial charge in [-0.25, -0.2) is 8.42 Å². The Morgan fingerprint density at radius 3 is 2.48 bits per heavy atom. The molecule has 0 radical (unpaired) electrons. The minimum atomic E-state index is -2.85. The lowest BCUT2D eigenvalue weighted by Crippen LogP contribution is -2.43. The largest absolute Gasteiger partial charge is 0.354 e. The first kappa shape index (κ1) is 22.7. The number of nitrogens with one attached hydrogen (secondary N) is 1. The Balaban J connectivity index is 0.00000261. The van der Waals surface area contributed by atoms with E-state index in [1.807, 2.05) is 31.3 Å². The zero-order valence-electron chi connectivity index (χ0n) is 15.7. The third-order valence-corrected chi connectivity index (χ3v) is 7.30. The summed E-state index contributed by atoms with van der Waals surface area (Å²) < 4.78 is 23.4. The van der Waals surface area contributed by atoms with Crippen LogP contribution in [0, 0.1) is 5.92 Å². The first-order chi connectivity index (χ1) is 12.4. The molecule has 0 amide bonds. The molecule has 1 N–H and O–H groups in total. The lowest BCUT2D eigenvalue weighted by Gasteiger charge is -2.26. The van der Waals surface area contributed by atoms with Gasteiger partial charge in [-0.1, -0.05) is 36.6 Å². The number of benzene rings is 1. The van der Waals surface area contributed by atoms with Crippen LogP contribution in [0.25, 0.3) is 0 Å². The van der Waals surface area contributed by atoms with Gasteiger partial charge < -0.3 is 10.2 Å². The maximum absolute atomic E-state index is 11.7. The van der Waals surface area contributed by atoms with Gasteiger partial charge in [0, 0.05) is 31.2 Å². The summed E-state index contributed by atoms with van der Waals surface area (Å²) in [7, 11) is -0.826. The van der Waals surface area contributed by atoms with E-state index in [0.29, 0.717) is 18.3 Å². The predicted molar refractivity (Wildman–Crippen MR) is 123 cm³/mol. The van der Waals surface area contributed by atoms with Crippen LogP contribution in [-0.2, 0) is 16.4 Å². The summed E-state index contributed by atoms with van der Waals surface area (Å²) in [4.78, 5) is 6.91. The summed E-state index contributed by atoms with van der Waals surface area (Å²) in [5, 5.41) is 4.33. The summed E-state index contributed by atoms with van der Waals surface area (Å²) in [6.45, 7) is 1.30. The van der Waals surface area contributed by atoms with Gasteiger partial charge in [0.1, 0.15) is 0 Å². The third kappa shape index (κ3) is 7.09. The smallest absolute Gasteiger partial charge is 0.194 e. The van der Waals surface area contributed by atoms with E-state index in [2.05, 4.69) is 10.2 Å². The van der Waals surface area contributed by atoms with Gasteiger partial charge in [-0.3, -0.25) is 4.99 Å². The topological polar surface area (TPSA) is 61.8 Å². The average Bonchev–Trinajstić information content (AvgIpc) is 3.22. The molecular weight excluding hydrogens is 497 g/mol. The first-order valence-corrected chi connectivity index (χ1v) is 11.6. The number of halogens is 2. The summed E-state index contributed by atoms with van der Waals surface area (Å²) >= 11 is 5.97. The van der Waals surface area contributed by atoms with Crippen molar-refractivity contribution in [1.82, 2.24) is 10.2 Å². The molecule has 27 heavy (non-hydrogen) atoms. The van der Waals surface area contributed by atoms with Gasteiger partial charge in [-0.15, -0.1) is 24.0 Å². The maximum Gasteiger partial charge on any atom is 0.194 e. The summed E-state index contributed by atoms with van der Waals surface area (Å²) in [5.74, 6) is 1.59. The maximum atomic E-state index is 11.7. The second-order valence-electron chi connectivity index (χ2n) is 7.54. The van der Waals surface area contributed by atoms with E-state index in [0.717, 1.165) is 23.9 Å². The predicted octanol–water partition coefficient (Wildman–Crippen LogP) is 3.71. The highest BCUT2D eigenvalue weighted by molar-refractivity contribution is 14.0. The van der Waals surface area contributed by atoms with Crippen molar-refractivity contribution in [2.45, 2.75) is 44.7 Å². The van der Waals surface area contributed by atoms with Gasteiger partial charge in [0.2, 0.25) is 0 Å². The fraction of sp³-hybridized carbons (Fsp3) is 0.632. The summed E-state index contributed by atoms with van der Waals surface area (Å²) in [6.07, 6.45) is 5.58. The van der Waals surface area contributed by atoms with Gasteiger partial charge in [0.05, 0.1) is 11.5 Å². The normalized spacial score (nSPS) is 22.4.